The quantitative estimate of drug-likeness (QED) is 0.383. The predicted octanol–water partition coefficient (Wildman–Crippen LogP) is 3.24. The van der Waals surface area contributed by atoms with Crippen LogP contribution in [0.1, 0.15) is 13.8 Å². The van der Waals surface area contributed by atoms with Crippen molar-refractivity contribution in [2.24, 2.45) is 0 Å². The van der Waals surface area contributed by atoms with Gasteiger partial charge in [0.25, 0.3) is 5.69 Å². The van der Waals surface area contributed by atoms with E-state index in [2.05, 4.69) is 4.98 Å². The van der Waals surface area contributed by atoms with Gasteiger partial charge in [-0.3, -0.25) is 14.5 Å². The van der Waals surface area contributed by atoms with Gasteiger partial charge >= 0.3 is 5.97 Å². The zero-order chi connectivity index (χ0) is 18.7. The third-order valence-corrected chi connectivity index (χ3v) is 3.52. The van der Waals surface area contributed by atoms with Gasteiger partial charge in [-0.15, -0.1) is 0 Å². The molecule has 2 heterocycles. The molecule has 26 heavy (non-hydrogen) atoms. The summed E-state index contributed by atoms with van der Waals surface area (Å²) in [5.41, 5.74) is 2.12. The van der Waals surface area contributed by atoms with Crippen LogP contribution in [-0.4, -0.2) is 33.0 Å². The highest BCUT2D eigenvalue weighted by Gasteiger charge is 2.10. The molecule has 3 rings (SSSR count). The Labute approximate surface area is 149 Å². The third-order valence-electron chi connectivity index (χ3n) is 3.52. The maximum absolute atomic E-state index is 11.5. The molecule has 0 bridgehead atoms. The van der Waals surface area contributed by atoms with E-state index in [1.807, 2.05) is 0 Å². The summed E-state index contributed by atoms with van der Waals surface area (Å²) in [6.45, 7) is 3.39. The molecule has 0 radical (unpaired) electrons. The summed E-state index contributed by atoms with van der Waals surface area (Å²) in [4.78, 5) is 26.3. The van der Waals surface area contributed by atoms with Crippen molar-refractivity contribution in [1.29, 1.82) is 0 Å². The van der Waals surface area contributed by atoms with E-state index in [9.17, 15) is 14.9 Å². The van der Waals surface area contributed by atoms with Gasteiger partial charge in [-0.25, -0.2) is 9.78 Å². The molecular formula is C18H17N3O5. The van der Waals surface area contributed by atoms with Crippen LogP contribution in [0.3, 0.4) is 0 Å². The number of aromatic nitrogens is 2. The van der Waals surface area contributed by atoms with E-state index in [4.69, 9.17) is 9.47 Å². The van der Waals surface area contributed by atoms with Crippen molar-refractivity contribution < 1.29 is 19.2 Å². The van der Waals surface area contributed by atoms with Gasteiger partial charge in [0, 0.05) is 17.8 Å². The van der Waals surface area contributed by atoms with E-state index < -0.39 is 10.9 Å². The predicted molar refractivity (Wildman–Crippen MR) is 94.0 cm³/mol. The van der Waals surface area contributed by atoms with Gasteiger partial charge in [-0.2, -0.15) is 0 Å². The van der Waals surface area contributed by atoms with Crippen LogP contribution in [0, 0.1) is 10.1 Å². The van der Waals surface area contributed by atoms with Crippen LogP contribution >= 0.6 is 0 Å². The van der Waals surface area contributed by atoms with Crippen molar-refractivity contribution >= 4 is 17.3 Å². The molecular weight excluding hydrogens is 338 g/mol. The molecule has 0 fully saturated rings. The summed E-state index contributed by atoms with van der Waals surface area (Å²) < 4.78 is 12.0. The van der Waals surface area contributed by atoms with E-state index in [0.29, 0.717) is 17.1 Å². The fourth-order valence-corrected chi connectivity index (χ4v) is 2.39. The Morgan fingerprint density at radius 1 is 1.19 bits per heavy atom. The molecule has 0 aliphatic rings. The number of imidazole rings is 1. The van der Waals surface area contributed by atoms with Gasteiger partial charge in [0.2, 0.25) is 0 Å². The van der Waals surface area contributed by atoms with Crippen LogP contribution in [0.25, 0.3) is 16.9 Å². The molecule has 0 N–H and O–H groups in total. The first kappa shape index (κ1) is 17.4. The van der Waals surface area contributed by atoms with E-state index in [-0.39, 0.29) is 18.4 Å². The van der Waals surface area contributed by atoms with Crippen LogP contribution in [0.4, 0.5) is 5.69 Å². The van der Waals surface area contributed by atoms with Gasteiger partial charge in [0.15, 0.2) is 6.61 Å². The Balaban J connectivity index is 1.73. The molecule has 8 heteroatoms. The molecule has 0 amide bonds. The first-order valence-electron chi connectivity index (χ1n) is 7.98. The Morgan fingerprint density at radius 3 is 2.58 bits per heavy atom. The van der Waals surface area contributed by atoms with Crippen LogP contribution in [-0.2, 0) is 9.53 Å². The zero-order valence-electron chi connectivity index (χ0n) is 14.3. The number of fused-ring (bicyclic) bond motifs is 1. The SMILES string of the molecule is CC(C)OC(=O)COc1ccc(-c2cn3cc([N+](=O)[O-])ccc3n2)cc1. The summed E-state index contributed by atoms with van der Waals surface area (Å²) in [5, 5.41) is 10.9. The lowest BCUT2D eigenvalue weighted by molar-refractivity contribution is -0.385. The molecule has 0 saturated heterocycles. The summed E-state index contributed by atoms with van der Waals surface area (Å²) >= 11 is 0. The molecule has 0 aliphatic carbocycles. The topological polar surface area (TPSA) is 96.0 Å². The van der Waals surface area contributed by atoms with E-state index in [1.165, 1.54) is 12.3 Å². The van der Waals surface area contributed by atoms with Crippen molar-refractivity contribution in [3.63, 3.8) is 0 Å². The number of nitrogens with zero attached hydrogens (tertiary/aromatic N) is 3. The molecule has 0 saturated carbocycles. The molecule has 134 valence electrons. The van der Waals surface area contributed by atoms with Gasteiger partial charge < -0.3 is 9.47 Å². The van der Waals surface area contributed by atoms with Gasteiger partial charge in [-0.05, 0) is 44.2 Å². The number of hydrogen-bond donors (Lipinski definition) is 0. The van der Waals surface area contributed by atoms with Crippen LogP contribution < -0.4 is 4.74 Å². The first-order chi connectivity index (χ1) is 12.4. The van der Waals surface area contributed by atoms with E-state index >= 15 is 0 Å². The second-order valence-electron chi connectivity index (χ2n) is 5.89. The van der Waals surface area contributed by atoms with E-state index in [0.717, 1.165) is 5.56 Å². The Bertz CT molecular complexity index is 947. The summed E-state index contributed by atoms with van der Waals surface area (Å²) in [6.07, 6.45) is 2.96. The fraction of sp³-hybridized carbons (Fsp3) is 0.222. The maximum Gasteiger partial charge on any atom is 0.344 e. The number of nitro groups is 1. The minimum Gasteiger partial charge on any atom is -0.482 e. The number of rotatable bonds is 6. The molecule has 8 nitrogen and oxygen atoms in total. The Hall–Kier alpha value is -3.42. The smallest absolute Gasteiger partial charge is 0.344 e. The zero-order valence-corrected chi connectivity index (χ0v) is 14.3. The highest BCUT2D eigenvalue weighted by Crippen LogP contribution is 2.23. The van der Waals surface area contributed by atoms with Crippen LogP contribution in [0.15, 0.2) is 48.8 Å². The lowest BCUT2D eigenvalue weighted by Crippen LogP contribution is -2.18. The molecule has 0 aliphatic heterocycles. The maximum atomic E-state index is 11.5. The highest BCUT2D eigenvalue weighted by molar-refractivity contribution is 5.71. The van der Waals surface area contributed by atoms with Crippen molar-refractivity contribution in [3.8, 4) is 17.0 Å². The normalized spacial score (nSPS) is 10.9. The monoisotopic (exact) mass is 355 g/mol. The van der Waals surface area contributed by atoms with Crippen LogP contribution in [0.5, 0.6) is 5.75 Å². The second kappa shape index (κ2) is 7.22. The largest absolute Gasteiger partial charge is 0.482 e. The van der Waals surface area contributed by atoms with Gasteiger partial charge in [0.05, 0.1) is 22.9 Å². The average Bonchev–Trinajstić information content (AvgIpc) is 3.03. The molecule has 1 aromatic carbocycles. The summed E-state index contributed by atoms with van der Waals surface area (Å²) in [7, 11) is 0. The standard InChI is InChI=1S/C18H17N3O5/c1-12(2)26-18(22)11-25-15-6-3-13(4-7-15)16-10-20-9-14(21(23)24)5-8-17(20)19-16/h3-10,12H,11H2,1-2H3. The van der Waals surface area contributed by atoms with Crippen molar-refractivity contribution in [3.05, 3.63) is 58.9 Å². The van der Waals surface area contributed by atoms with Crippen molar-refractivity contribution in [2.45, 2.75) is 20.0 Å². The molecule has 2 aromatic heterocycles. The number of benzene rings is 1. The lowest BCUT2D eigenvalue weighted by Gasteiger charge is -2.09. The minimum atomic E-state index is -0.449. The Kier molecular flexibility index (Phi) is 4.83. The Morgan fingerprint density at radius 2 is 1.92 bits per heavy atom. The average molecular weight is 355 g/mol. The van der Waals surface area contributed by atoms with Crippen molar-refractivity contribution in [2.75, 3.05) is 6.61 Å². The van der Waals surface area contributed by atoms with Crippen LogP contribution in [0.2, 0.25) is 0 Å². The number of ether oxygens (including phenoxy) is 2. The lowest BCUT2D eigenvalue weighted by atomic mass is 10.2. The molecule has 0 atom stereocenters. The third kappa shape index (κ3) is 3.97. The highest BCUT2D eigenvalue weighted by atomic mass is 16.6. The van der Waals surface area contributed by atoms with Gasteiger partial charge in [0.1, 0.15) is 11.4 Å². The van der Waals surface area contributed by atoms with Gasteiger partial charge in [-0.1, -0.05) is 0 Å². The number of pyridine rings is 1. The number of carbonyl (C=O) groups excluding carboxylic acids is 1. The molecule has 0 unspecified atom stereocenters. The second-order valence-corrected chi connectivity index (χ2v) is 5.89. The molecule has 0 spiro atoms. The number of carbonyl (C=O) groups is 1. The minimum absolute atomic E-state index is 0.00141. The molecule has 3 aromatic rings. The fourth-order valence-electron chi connectivity index (χ4n) is 2.39. The number of hydrogen-bond acceptors (Lipinski definition) is 6. The van der Waals surface area contributed by atoms with Crippen molar-refractivity contribution in [1.82, 2.24) is 9.38 Å². The summed E-state index contributed by atoms with van der Waals surface area (Å²) in [5.74, 6) is 0.111. The van der Waals surface area contributed by atoms with E-state index in [1.54, 1.807) is 54.8 Å². The first-order valence-corrected chi connectivity index (χ1v) is 7.98. The number of esters is 1. The summed E-state index contributed by atoms with van der Waals surface area (Å²) in [6, 6.07) is 10.1.